The second-order valence-corrected chi connectivity index (χ2v) is 7.43. The van der Waals surface area contributed by atoms with Gasteiger partial charge in [0.1, 0.15) is 11.9 Å². The summed E-state index contributed by atoms with van der Waals surface area (Å²) in [5.41, 5.74) is 0.764. The Morgan fingerprint density at radius 1 is 1.36 bits per heavy atom. The number of rotatable bonds is 3. The van der Waals surface area contributed by atoms with E-state index in [1.807, 2.05) is 17.0 Å². The highest BCUT2D eigenvalue weighted by Crippen LogP contribution is 2.37. The predicted octanol–water partition coefficient (Wildman–Crippen LogP) is 3.11. The Balaban J connectivity index is 1.39. The molecule has 2 atom stereocenters. The standard InChI is InChI=1S/C20H26N2O3/c23-19(16-6-2-1-3-7-16)22-11-5-9-20(15-22)12-18(14-24-20)25-17-8-4-10-21-13-17/h4,6,8,10,13,18H,1-3,5,7,9,11-12,14-15H2/t18-,20+/m1/s1. The molecule has 25 heavy (non-hydrogen) atoms. The van der Waals surface area contributed by atoms with Gasteiger partial charge in [0.25, 0.3) is 0 Å². The first-order chi connectivity index (χ1) is 12.2. The Kier molecular flexibility index (Phi) is 4.75. The van der Waals surface area contributed by atoms with Gasteiger partial charge in [0.15, 0.2) is 0 Å². The summed E-state index contributed by atoms with van der Waals surface area (Å²) in [7, 11) is 0. The lowest BCUT2D eigenvalue weighted by Gasteiger charge is -2.40. The zero-order valence-electron chi connectivity index (χ0n) is 14.7. The number of ether oxygens (including phenoxy) is 2. The number of hydrogen-bond acceptors (Lipinski definition) is 4. The molecular weight excluding hydrogens is 316 g/mol. The SMILES string of the molecule is O=C(C1=CCCCC1)N1CCC[C@]2(C[C@@H](Oc3cccnc3)CO2)C1. The molecule has 0 saturated carbocycles. The fourth-order valence-electron chi connectivity index (χ4n) is 4.28. The number of nitrogens with zero attached hydrogens (tertiary/aromatic N) is 2. The molecular formula is C20H26N2O3. The van der Waals surface area contributed by atoms with E-state index >= 15 is 0 Å². The normalized spacial score (nSPS) is 29.5. The van der Waals surface area contributed by atoms with Gasteiger partial charge < -0.3 is 14.4 Å². The number of carbonyl (C=O) groups excluding carboxylic acids is 1. The van der Waals surface area contributed by atoms with E-state index in [1.165, 1.54) is 6.42 Å². The third kappa shape index (κ3) is 3.71. The van der Waals surface area contributed by atoms with Gasteiger partial charge in [-0.2, -0.15) is 0 Å². The van der Waals surface area contributed by atoms with Crippen molar-refractivity contribution in [1.29, 1.82) is 0 Å². The van der Waals surface area contributed by atoms with Gasteiger partial charge in [-0.1, -0.05) is 6.08 Å². The quantitative estimate of drug-likeness (QED) is 0.847. The van der Waals surface area contributed by atoms with E-state index in [4.69, 9.17) is 9.47 Å². The van der Waals surface area contributed by atoms with Crippen molar-refractivity contribution in [1.82, 2.24) is 9.88 Å². The summed E-state index contributed by atoms with van der Waals surface area (Å²) in [5.74, 6) is 1.00. The van der Waals surface area contributed by atoms with E-state index in [1.54, 1.807) is 12.4 Å². The van der Waals surface area contributed by atoms with Gasteiger partial charge in [0.05, 0.1) is 24.9 Å². The zero-order valence-corrected chi connectivity index (χ0v) is 14.7. The minimum absolute atomic E-state index is 0.0353. The highest BCUT2D eigenvalue weighted by molar-refractivity contribution is 5.93. The summed E-state index contributed by atoms with van der Waals surface area (Å²) >= 11 is 0. The van der Waals surface area contributed by atoms with Crippen LogP contribution in [0.15, 0.2) is 36.2 Å². The molecule has 3 aliphatic rings. The van der Waals surface area contributed by atoms with Crippen LogP contribution in [0.2, 0.25) is 0 Å². The minimum atomic E-state index is -0.240. The van der Waals surface area contributed by atoms with Crippen LogP contribution in [0.5, 0.6) is 5.75 Å². The molecule has 1 aliphatic carbocycles. The van der Waals surface area contributed by atoms with E-state index < -0.39 is 0 Å². The van der Waals surface area contributed by atoms with E-state index in [-0.39, 0.29) is 17.6 Å². The molecule has 2 aliphatic heterocycles. The highest BCUT2D eigenvalue weighted by atomic mass is 16.6. The van der Waals surface area contributed by atoms with Crippen molar-refractivity contribution in [3.8, 4) is 5.75 Å². The molecule has 2 saturated heterocycles. The molecule has 1 spiro atoms. The second kappa shape index (κ2) is 7.16. The molecule has 0 bridgehead atoms. The Labute approximate surface area is 149 Å². The number of carbonyl (C=O) groups is 1. The molecule has 1 aromatic rings. The monoisotopic (exact) mass is 342 g/mol. The lowest BCUT2D eigenvalue weighted by Crippen LogP contribution is -2.50. The van der Waals surface area contributed by atoms with Crippen molar-refractivity contribution in [2.24, 2.45) is 0 Å². The van der Waals surface area contributed by atoms with Crippen molar-refractivity contribution >= 4 is 5.91 Å². The number of piperidine rings is 1. The van der Waals surface area contributed by atoms with Crippen LogP contribution >= 0.6 is 0 Å². The summed E-state index contributed by atoms with van der Waals surface area (Å²) in [6.45, 7) is 2.12. The molecule has 1 aromatic heterocycles. The third-order valence-corrected chi connectivity index (χ3v) is 5.50. The number of aromatic nitrogens is 1. The van der Waals surface area contributed by atoms with E-state index in [9.17, 15) is 4.79 Å². The number of likely N-dealkylation sites (tertiary alicyclic amines) is 1. The van der Waals surface area contributed by atoms with Gasteiger partial charge in [0.2, 0.25) is 5.91 Å². The average Bonchev–Trinajstić information content (AvgIpc) is 3.04. The maximum Gasteiger partial charge on any atom is 0.249 e. The van der Waals surface area contributed by atoms with Crippen molar-refractivity contribution < 1.29 is 14.3 Å². The third-order valence-electron chi connectivity index (χ3n) is 5.50. The molecule has 5 heteroatoms. The zero-order chi connectivity index (χ0) is 17.1. The van der Waals surface area contributed by atoms with Crippen LogP contribution in [0, 0.1) is 0 Å². The van der Waals surface area contributed by atoms with Crippen LogP contribution < -0.4 is 4.74 Å². The van der Waals surface area contributed by atoms with E-state index in [2.05, 4.69) is 11.1 Å². The van der Waals surface area contributed by atoms with E-state index in [0.717, 1.165) is 56.4 Å². The molecule has 0 unspecified atom stereocenters. The fraction of sp³-hybridized carbons (Fsp3) is 0.600. The highest BCUT2D eigenvalue weighted by Gasteiger charge is 2.45. The molecule has 3 heterocycles. The predicted molar refractivity (Wildman–Crippen MR) is 94.3 cm³/mol. The number of pyridine rings is 1. The first-order valence-electron chi connectivity index (χ1n) is 9.43. The van der Waals surface area contributed by atoms with Crippen LogP contribution in [-0.4, -0.2) is 47.2 Å². The first kappa shape index (κ1) is 16.6. The van der Waals surface area contributed by atoms with Gasteiger partial charge in [-0.25, -0.2) is 0 Å². The lowest BCUT2D eigenvalue weighted by molar-refractivity contribution is -0.135. The Morgan fingerprint density at radius 2 is 2.32 bits per heavy atom. The fourth-order valence-corrected chi connectivity index (χ4v) is 4.28. The smallest absolute Gasteiger partial charge is 0.249 e. The number of amides is 1. The maximum absolute atomic E-state index is 12.8. The van der Waals surface area contributed by atoms with Crippen LogP contribution in [0.4, 0.5) is 0 Å². The van der Waals surface area contributed by atoms with Crippen molar-refractivity contribution in [3.63, 3.8) is 0 Å². The van der Waals surface area contributed by atoms with Gasteiger partial charge >= 0.3 is 0 Å². The second-order valence-electron chi connectivity index (χ2n) is 7.43. The Bertz CT molecular complexity index is 646. The van der Waals surface area contributed by atoms with Crippen LogP contribution in [-0.2, 0) is 9.53 Å². The molecule has 134 valence electrons. The average molecular weight is 342 g/mol. The number of hydrogen-bond donors (Lipinski definition) is 0. The summed E-state index contributed by atoms with van der Waals surface area (Å²) < 4.78 is 12.2. The van der Waals surface area contributed by atoms with Gasteiger partial charge in [-0.3, -0.25) is 9.78 Å². The first-order valence-corrected chi connectivity index (χ1v) is 9.43. The lowest BCUT2D eigenvalue weighted by atomic mass is 9.88. The van der Waals surface area contributed by atoms with Gasteiger partial charge in [-0.15, -0.1) is 0 Å². The largest absolute Gasteiger partial charge is 0.486 e. The molecule has 1 amide bonds. The maximum atomic E-state index is 12.8. The Morgan fingerprint density at radius 3 is 3.12 bits per heavy atom. The van der Waals surface area contributed by atoms with Gasteiger partial charge in [-0.05, 0) is 50.7 Å². The van der Waals surface area contributed by atoms with Crippen LogP contribution in [0.1, 0.15) is 44.9 Å². The van der Waals surface area contributed by atoms with Crippen LogP contribution in [0.25, 0.3) is 0 Å². The topological polar surface area (TPSA) is 51.7 Å². The molecule has 4 rings (SSSR count). The summed E-state index contributed by atoms with van der Waals surface area (Å²) in [6, 6.07) is 3.80. The van der Waals surface area contributed by atoms with E-state index in [0.29, 0.717) is 13.2 Å². The van der Waals surface area contributed by atoms with Crippen molar-refractivity contribution in [3.05, 3.63) is 36.2 Å². The molecule has 0 N–H and O–H groups in total. The van der Waals surface area contributed by atoms with Gasteiger partial charge in [0, 0.05) is 24.7 Å². The molecule has 0 aromatic carbocycles. The summed E-state index contributed by atoms with van der Waals surface area (Å²) in [5, 5.41) is 0. The van der Waals surface area contributed by atoms with Crippen molar-refractivity contribution in [2.75, 3.05) is 19.7 Å². The summed E-state index contributed by atoms with van der Waals surface area (Å²) in [4.78, 5) is 18.9. The molecule has 0 radical (unpaired) electrons. The minimum Gasteiger partial charge on any atom is -0.486 e. The van der Waals surface area contributed by atoms with Crippen LogP contribution in [0.3, 0.4) is 0 Å². The van der Waals surface area contributed by atoms with Crippen molar-refractivity contribution in [2.45, 2.75) is 56.7 Å². The Hall–Kier alpha value is -1.88. The molecule has 2 fully saturated rings. The number of allylic oxidation sites excluding steroid dienone is 1. The molecule has 5 nitrogen and oxygen atoms in total. The summed E-state index contributed by atoms with van der Waals surface area (Å²) in [6.07, 6.45) is 12.8.